The minimum atomic E-state index is -3.74. The zero-order valence-corrected chi connectivity index (χ0v) is 15.5. The van der Waals surface area contributed by atoms with Crippen LogP contribution in [-0.2, 0) is 10.0 Å². The molecule has 0 amide bonds. The molecule has 1 N–H and O–H groups in total. The maximum atomic E-state index is 12.8. The van der Waals surface area contributed by atoms with Crippen LogP contribution in [0.4, 0.5) is 5.69 Å². The van der Waals surface area contributed by atoms with E-state index >= 15 is 0 Å². The van der Waals surface area contributed by atoms with Crippen molar-refractivity contribution in [2.45, 2.75) is 11.8 Å². The summed E-state index contributed by atoms with van der Waals surface area (Å²) in [4.78, 5) is 8.82. The Morgan fingerprint density at radius 1 is 1.00 bits per heavy atom. The summed E-state index contributed by atoms with van der Waals surface area (Å²) < 4.78 is 28.2. The molecule has 0 atom stereocenters. The van der Waals surface area contributed by atoms with Gasteiger partial charge in [0.25, 0.3) is 10.0 Å². The lowest BCUT2D eigenvalue weighted by atomic mass is 10.1. The summed E-state index contributed by atoms with van der Waals surface area (Å²) in [6.45, 7) is 1.95. The van der Waals surface area contributed by atoms with Crippen LogP contribution in [0.2, 0.25) is 0 Å². The summed E-state index contributed by atoms with van der Waals surface area (Å²) in [5.41, 5.74) is 2.79. The number of fused-ring (bicyclic) bond motifs is 1. The normalized spacial score (nSPS) is 11.6. The van der Waals surface area contributed by atoms with E-state index in [0.29, 0.717) is 11.2 Å². The van der Waals surface area contributed by atoms with Crippen molar-refractivity contribution < 1.29 is 8.42 Å². The average Bonchev–Trinajstić information content (AvgIpc) is 3.08. The maximum absolute atomic E-state index is 12.8. The smallest absolute Gasteiger partial charge is 0.264 e. The van der Waals surface area contributed by atoms with Gasteiger partial charge in [0.15, 0.2) is 0 Å². The van der Waals surface area contributed by atoms with E-state index < -0.39 is 10.0 Å². The summed E-state index contributed by atoms with van der Waals surface area (Å²) in [5.74, 6) is 0. The minimum Gasteiger partial charge on any atom is -0.280 e. The number of aryl methyl sites for hydroxylation is 1. The molecule has 26 heavy (non-hydrogen) atoms. The van der Waals surface area contributed by atoms with E-state index in [4.69, 9.17) is 0 Å². The fraction of sp³-hybridized carbons (Fsp3) is 0.0526. The van der Waals surface area contributed by atoms with Crippen molar-refractivity contribution >= 4 is 38.0 Å². The van der Waals surface area contributed by atoms with Gasteiger partial charge in [-0.3, -0.25) is 9.71 Å². The lowest BCUT2D eigenvalue weighted by Gasteiger charge is -2.10. The number of sulfonamides is 1. The van der Waals surface area contributed by atoms with Gasteiger partial charge in [-0.15, -0.1) is 11.3 Å². The second-order valence-electron chi connectivity index (χ2n) is 5.77. The number of anilines is 1. The fourth-order valence-corrected chi connectivity index (χ4v) is 4.57. The molecule has 2 heterocycles. The van der Waals surface area contributed by atoms with E-state index in [1.165, 1.54) is 0 Å². The first-order chi connectivity index (χ1) is 12.5. The highest BCUT2D eigenvalue weighted by Crippen LogP contribution is 2.26. The summed E-state index contributed by atoms with van der Waals surface area (Å²) in [7, 11) is -3.74. The fourth-order valence-electron chi connectivity index (χ4n) is 2.71. The molecule has 0 saturated heterocycles. The minimum absolute atomic E-state index is 0.162. The molecule has 4 rings (SSSR count). The van der Waals surface area contributed by atoms with E-state index in [-0.39, 0.29) is 4.90 Å². The number of hydrogen-bond acceptors (Lipinski definition) is 5. The third kappa shape index (κ3) is 3.18. The SMILES string of the molecule is Cc1nc(-c2ccc(NS(=O)(=O)c3cccc4cccnc34)cc2)cs1. The maximum Gasteiger partial charge on any atom is 0.264 e. The Hall–Kier alpha value is -2.77. The first kappa shape index (κ1) is 16.7. The number of benzene rings is 2. The van der Waals surface area contributed by atoms with Crippen LogP contribution < -0.4 is 4.72 Å². The molecule has 2 aromatic carbocycles. The Morgan fingerprint density at radius 2 is 1.77 bits per heavy atom. The van der Waals surface area contributed by atoms with Gasteiger partial charge in [-0.05, 0) is 31.2 Å². The third-order valence-electron chi connectivity index (χ3n) is 3.94. The molecule has 0 aliphatic heterocycles. The Labute approximate surface area is 155 Å². The Bertz CT molecular complexity index is 1180. The molecule has 4 aromatic rings. The first-order valence-electron chi connectivity index (χ1n) is 7.92. The van der Waals surface area contributed by atoms with E-state index in [0.717, 1.165) is 21.7 Å². The van der Waals surface area contributed by atoms with Crippen LogP contribution in [-0.4, -0.2) is 18.4 Å². The number of para-hydroxylation sites is 1. The quantitative estimate of drug-likeness (QED) is 0.566. The van der Waals surface area contributed by atoms with Crippen molar-refractivity contribution in [1.82, 2.24) is 9.97 Å². The summed E-state index contributed by atoms with van der Waals surface area (Å²) >= 11 is 1.58. The molecule has 0 fully saturated rings. The predicted molar refractivity (Wildman–Crippen MR) is 105 cm³/mol. The molecular weight excluding hydrogens is 366 g/mol. The molecule has 2 aromatic heterocycles. The van der Waals surface area contributed by atoms with Crippen molar-refractivity contribution in [1.29, 1.82) is 0 Å². The van der Waals surface area contributed by atoms with Crippen LogP contribution in [0.5, 0.6) is 0 Å². The molecule has 0 unspecified atom stereocenters. The highest BCUT2D eigenvalue weighted by Gasteiger charge is 2.18. The van der Waals surface area contributed by atoms with E-state index in [1.54, 1.807) is 47.9 Å². The Balaban J connectivity index is 1.65. The average molecular weight is 381 g/mol. The van der Waals surface area contributed by atoms with Gasteiger partial charge < -0.3 is 0 Å². The summed E-state index contributed by atoms with van der Waals surface area (Å²) in [5, 5.41) is 3.76. The zero-order valence-electron chi connectivity index (χ0n) is 13.9. The molecule has 130 valence electrons. The Morgan fingerprint density at radius 3 is 2.50 bits per heavy atom. The largest absolute Gasteiger partial charge is 0.280 e. The van der Waals surface area contributed by atoms with Crippen LogP contribution in [0.25, 0.3) is 22.2 Å². The van der Waals surface area contributed by atoms with Crippen LogP contribution in [0.1, 0.15) is 5.01 Å². The lowest BCUT2D eigenvalue weighted by Crippen LogP contribution is -2.13. The van der Waals surface area contributed by atoms with Gasteiger partial charge in [-0.25, -0.2) is 13.4 Å². The summed E-state index contributed by atoms with van der Waals surface area (Å²) in [6.07, 6.45) is 1.59. The Kier molecular flexibility index (Phi) is 4.18. The zero-order chi connectivity index (χ0) is 18.1. The monoisotopic (exact) mass is 381 g/mol. The van der Waals surface area contributed by atoms with Crippen LogP contribution in [0.3, 0.4) is 0 Å². The van der Waals surface area contributed by atoms with Crippen molar-refractivity contribution in [2.75, 3.05) is 4.72 Å². The highest BCUT2D eigenvalue weighted by atomic mass is 32.2. The number of nitrogens with one attached hydrogen (secondary N) is 1. The lowest BCUT2D eigenvalue weighted by molar-refractivity contribution is 0.602. The summed E-state index contributed by atoms with van der Waals surface area (Å²) in [6, 6.07) is 15.9. The van der Waals surface area contributed by atoms with Gasteiger partial charge in [0.1, 0.15) is 4.90 Å². The number of thiazole rings is 1. The van der Waals surface area contributed by atoms with Crippen molar-refractivity contribution in [3.63, 3.8) is 0 Å². The third-order valence-corrected chi connectivity index (χ3v) is 6.12. The molecule has 5 nitrogen and oxygen atoms in total. The first-order valence-corrected chi connectivity index (χ1v) is 10.3. The molecule has 0 aliphatic rings. The van der Waals surface area contributed by atoms with Crippen molar-refractivity contribution in [3.8, 4) is 11.3 Å². The number of rotatable bonds is 4. The molecule has 0 saturated carbocycles. The van der Waals surface area contributed by atoms with Gasteiger partial charge in [-0.1, -0.05) is 30.3 Å². The van der Waals surface area contributed by atoms with E-state index in [1.807, 2.05) is 36.6 Å². The van der Waals surface area contributed by atoms with Gasteiger partial charge >= 0.3 is 0 Å². The molecule has 0 bridgehead atoms. The second-order valence-corrected chi connectivity index (χ2v) is 8.48. The van der Waals surface area contributed by atoms with Gasteiger partial charge in [0.2, 0.25) is 0 Å². The van der Waals surface area contributed by atoms with E-state index in [2.05, 4.69) is 14.7 Å². The highest BCUT2D eigenvalue weighted by molar-refractivity contribution is 7.93. The van der Waals surface area contributed by atoms with Crippen LogP contribution >= 0.6 is 11.3 Å². The van der Waals surface area contributed by atoms with Crippen LogP contribution in [0, 0.1) is 6.92 Å². The number of aromatic nitrogens is 2. The molecular formula is C19H15N3O2S2. The number of nitrogens with zero attached hydrogens (tertiary/aromatic N) is 2. The number of pyridine rings is 1. The van der Waals surface area contributed by atoms with Gasteiger partial charge in [0.05, 0.1) is 16.2 Å². The van der Waals surface area contributed by atoms with Crippen molar-refractivity contribution in [2.24, 2.45) is 0 Å². The van der Waals surface area contributed by atoms with Crippen molar-refractivity contribution in [3.05, 3.63) is 71.2 Å². The van der Waals surface area contributed by atoms with E-state index in [9.17, 15) is 8.42 Å². The van der Waals surface area contributed by atoms with Gasteiger partial charge in [-0.2, -0.15) is 0 Å². The topological polar surface area (TPSA) is 72.0 Å². The molecule has 0 aliphatic carbocycles. The standard InChI is InChI=1S/C19H15N3O2S2/c1-13-21-17(12-25-13)14-7-9-16(10-8-14)22-26(23,24)18-6-2-4-15-5-3-11-20-19(15)18/h2-12,22H,1H3. The van der Waals surface area contributed by atoms with Gasteiger partial charge in [0, 0.05) is 28.2 Å². The van der Waals surface area contributed by atoms with Crippen LogP contribution in [0.15, 0.2) is 71.1 Å². The second kappa shape index (κ2) is 6.51. The molecule has 7 heteroatoms. The molecule has 0 spiro atoms. The predicted octanol–water partition coefficient (Wildman–Crippen LogP) is 4.47. The number of hydrogen-bond donors (Lipinski definition) is 1. The molecule has 0 radical (unpaired) electrons.